The van der Waals surface area contributed by atoms with Crippen LogP contribution in [0.4, 0.5) is 5.82 Å². The average molecular weight is 308 g/mol. The van der Waals surface area contributed by atoms with Crippen molar-refractivity contribution in [3.63, 3.8) is 0 Å². The van der Waals surface area contributed by atoms with E-state index >= 15 is 0 Å². The molecule has 2 atom stereocenters. The van der Waals surface area contributed by atoms with Crippen molar-refractivity contribution in [2.24, 2.45) is 5.73 Å². The number of aryl methyl sites for hydroxylation is 1. The van der Waals surface area contributed by atoms with Crippen LogP contribution in [0.1, 0.15) is 50.4 Å². The monoisotopic (exact) mass is 308 g/mol. The third kappa shape index (κ3) is 3.49. The number of nitrogens with one attached hydrogen (secondary N) is 1. The number of nitrogens with two attached hydrogens (primary N) is 1. The van der Waals surface area contributed by atoms with Gasteiger partial charge in [0.2, 0.25) is 0 Å². The van der Waals surface area contributed by atoms with Gasteiger partial charge in [-0.1, -0.05) is 26.1 Å². The highest BCUT2D eigenvalue weighted by atomic mass is 32.1. The number of ether oxygens (including phenoxy) is 1. The Hall–Kier alpha value is -1.27. The molecule has 0 radical (unpaired) electrons. The van der Waals surface area contributed by atoms with Crippen LogP contribution in [-0.4, -0.2) is 33.9 Å². The van der Waals surface area contributed by atoms with Crippen LogP contribution in [-0.2, 0) is 17.6 Å². The van der Waals surface area contributed by atoms with E-state index in [1.807, 2.05) is 0 Å². The summed E-state index contributed by atoms with van der Waals surface area (Å²) in [5.74, 6) is 0.680. The molecule has 0 spiro atoms. The van der Waals surface area contributed by atoms with Gasteiger partial charge in [-0.05, 0) is 38.2 Å². The maximum atomic E-state index is 5.94. The number of hydrogen-bond acceptors (Lipinski definition) is 5. The summed E-state index contributed by atoms with van der Waals surface area (Å²) in [5.41, 5.74) is 8.84. The highest BCUT2D eigenvalue weighted by Crippen LogP contribution is 2.24. The maximum absolute atomic E-state index is 5.94. The SMILES string of the molecule is CCc1nnc(NC(C)C2CCCO2)c(C(N)=S)c1CC. The summed E-state index contributed by atoms with van der Waals surface area (Å²) >= 11 is 5.24. The molecule has 3 N–H and O–H groups in total. The van der Waals surface area contributed by atoms with E-state index in [-0.39, 0.29) is 12.1 Å². The van der Waals surface area contributed by atoms with Crippen molar-refractivity contribution in [3.8, 4) is 0 Å². The Morgan fingerprint density at radius 2 is 2.19 bits per heavy atom. The van der Waals surface area contributed by atoms with Gasteiger partial charge in [-0.15, -0.1) is 5.10 Å². The van der Waals surface area contributed by atoms with Crippen molar-refractivity contribution in [3.05, 3.63) is 16.8 Å². The first-order valence-corrected chi connectivity index (χ1v) is 8.05. The van der Waals surface area contributed by atoms with Crippen LogP contribution in [0.3, 0.4) is 0 Å². The van der Waals surface area contributed by atoms with Crippen LogP contribution >= 0.6 is 12.2 Å². The van der Waals surface area contributed by atoms with E-state index in [9.17, 15) is 0 Å². The van der Waals surface area contributed by atoms with Crippen molar-refractivity contribution >= 4 is 23.0 Å². The molecule has 2 heterocycles. The standard InChI is InChI=1S/C15H24N4OS/c1-4-10-11(5-2)18-19-15(13(10)14(16)21)17-9(3)12-7-6-8-20-12/h9,12H,4-8H2,1-3H3,(H2,16,21)(H,17,19). The Balaban J connectivity index is 2.31. The van der Waals surface area contributed by atoms with Crippen LogP contribution < -0.4 is 11.1 Å². The fourth-order valence-corrected chi connectivity index (χ4v) is 3.06. The molecule has 116 valence electrons. The molecule has 2 unspecified atom stereocenters. The molecule has 1 saturated heterocycles. The lowest BCUT2D eigenvalue weighted by atomic mass is 10.0. The van der Waals surface area contributed by atoms with Crippen LogP contribution in [0.15, 0.2) is 0 Å². The van der Waals surface area contributed by atoms with Gasteiger partial charge < -0.3 is 15.8 Å². The number of thiocarbonyl (C=S) groups is 1. The first kappa shape index (κ1) is 16.1. The minimum atomic E-state index is 0.159. The first-order chi connectivity index (χ1) is 10.1. The summed E-state index contributed by atoms with van der Waals surface area (Å²) in [7, 11) is 0. The summed E-state index contributed by atoms with van der Waals surface area (Å²) in [4.78, 5) is 0.374. The lowest BCUT2D eigenvalue weighted by molar-refractivity contribution is 0.0995. The number of rotatable bonds is 6. The zero-order valence-corrected chi connectivity index (χ0v) is 13.8. The third-order valence-electron chi connectivity index (χ3n) is 3.98. The molecule has 1 aliphatic heterocycles. The zero-order chi connectivity index (χ0) is 15.4. The van der Waals surface area contributed by atoms with E-state index in [1.54, 1.807) is 0 Å². The van der Waals surface area contributed by atoms with Crippen LogP contribution in [0.5, 0.6) is 0 Å². The fourth-order valence-electron chi connectivity index (χ4n) is 2.84. The maximum Gasteiger partial charge on any atom is 0.159 e. The molecule has 0 aromatic carbocycles. The lowest BCUT2D eigenvalue weighted by Gasteiger charge is -2.23. The van der Waals surface area contributed by atoms with Crippen molar-refractivity contribution in [2.45, 2.75) is 58.6 Å². The molecule has 0 amide bonds. The largest absolute Gasteiger partial charge is 0.389 e. The fraction of sp³-hybridized carbons (Fsp3) is 0.667. The predicted octanol–water partition coefficient (Wildman–Crippen LogP) is 2.21. The molecule has 1 fully saturated rings. The van der Waals surface area contributed by atoms with Gasteiger partial charge in [0.15, 0.2) is 5.82 Å². The first-order valence-electron chi connectivity index (χ1n) is 7.64. The Kier molecular flexibility index (Phi) is 5.47. The molecule has 1 aromatic heterocycles. The molecule has 1 aliphatic rings. The number of anilines is 1. The highest BCUT2D eigenvalue weighted by Gasteiger charge is 2.25. The van der Waals surface area contributed by atoms with E-state index in [1.165, 1.54) is 0 Å². The normalized spacial score (nSPS) is 19.5. The van der Waals surface area contributed by atoms with E-state index in [2.05, 4.69) is 36.3 Å². The van der Waals surface area contributed by atoms with E-state index in [4.69, 9.17) is 22.7 Å². The van der Waals surface area contributed by atoms with Gasteiger partial charge in [0.25, 0.3) is 0 Å². The van der Waals surface area contributed by atoms with Gasteiger partial charge in [-0.25, -0.2) is 0 Å². The lowest BCUT2D eigenvalue weighted by Crippen LogP contribution is -2.32. The molecule has 21 heavy (non-hydrogen) atoms. The topological polar surface area (TPSA) is 73.1 Å². The van der Waals surface area contributed by atoms with Crippen molar-refractivity contribution in [1.82, 2.24) is 10.2 Å². The minimum Gasteiger partial charge on any atom is -0.389 e. The number of hydrogen-bond donors (Lipinski definition) is 2. The van der Waals surface area contributed by atoms with Crippen molar-refractivity contribution < 1.29 is 4.74 Å². The molecule has 1 aromatic rings. The van der Waals surface area contributed by atoms with E-state index in [0.29, 0.717) is 10.8 Å². The molecule has 5 nitrogen and oxygen atoms in total. The third-order valence-corrected chi connectivity index (χ3v) is 4.18. The van der Waals surface area contributed by atoms with Gasteiger partial charge >= 0.3 is 0 Å². The van der Waals surface area contributed by atoms with Gasteiger partial charge in [0.05, 0.1) is 23.4 Å². The molecule has 0 bridgehead atoms. The molecular formula is C15H24N4OS. The predicted molar refractivity (Wildman–Crippen MR) is 88.7 cm³/mol. The molecule has 6 heteroatoms. The summed E-state index contributed by atoms with van der Waals surface area (Å²) in [6, 6.07) is 0.159. The molecule has 0 aliphatic carbocycles. The average Bonchev–Trinajstić information content (AvgIpc) is 3.00. The molecule has 0 saturated carbocycles. The second-order valence-electron chi connectivity index (χ2n) is 5.40. The Labute approximate surface area is 131 Å². The second kappa shape index (κ2) is 7.13. The summed E-state index contributed by atoms with van der Waals surface area (Å²) in [5, 5.41) is 12.0. The van der Waals surface area contributed by atoms with Gasteiger partial charge in [0.1, 0.15) is 4.99 Å². The highest BCUT2D eigenvalue weighted by molar-refractivity contribution is 7.80. The van der Waals surface area contributed by atoms with Crippen LogP contribution in [0.2, 0.25) is 0 Å². The van der Waals surface area contributed by atoms with Crippen molar-refractivity contribution in [1.29, 1.82) is 0 Å². The van der Waals surface area contributed by atoms with Gasteiger partial charge in [-0.3, -0.25) is 0 Å². The second-order valence-corrected chi connectivity index (χ2v) is 5.84. The smallest absolute Gasteiger partial charge is 0.159 e. The Bertz CT molecular complexity index is 515. The molecular weight excluding hydrogens is 284 g/mol. The Morgan fingerprint density at radius 1 is 1.43 bits per heavy atom. The zero-order valence-electron chi connectivity index (χ0n) is 13.0. The van der Waals surface area contributed by atoms with Crippen LogP contribution in [0.25, 0.3) is 0 Å². The number of nitrogens with zero attached hydrogens (tertiary/aromatic N) is 2. The summed E-state index contributed by atoms with van der Waals surface area (Å²) in [6.07, 6.45) is 4.06. The van der Waals surface area contributed by atoms with E-state index < -0.39 is 0 Å². The van der Waals surface area contributed by atoms with Gasteiger partial charge in [-0.2, -0.15) is 5.10 Å². The van der Waals surface area contributed by atoms with Crippen molar-refractivity contribution in [2.75, 3.05) is 11.9 Å². The van der Waals surface area contributed by atoms with Gasteiger partial charge in [0, 0.05) is 6.61 Å². The summed E-state index contributed by atoms with van der Waals surface area (Å²) < 4.78 is 5.71. The quantitative estimate of drug-likeness (QED) is 0.785. The Morgan fingerprint density at radius 3 is 2.71 bits per heavy atom. The summed E-state index contributed by atoms with van der Waals surface area (Å²) in [6.45, 7) is 7.08. The minimum absolute atomic E-state index is 0.159. The number of aromatic nitrogens is 2. The molecule has 2 rings (SSSR count). The van der Waals surface area contributed by atoms with E-state index in [0.717, 1.165) is 49.1 Å². The van der Waals surface area contributed by atoms with Crippen LogP contribution in [0, 0.1) is 0 Å².